The fourth-order valence-electron chi connectivity index (χ4n) is 1.02. The summed E-state index contributed by atoms with van der Waals surface area (Å²) in [6.45, 7) is 0.159. The molecule has 9 heteroatoms. The molecule has 9 nitrogen and oxygen atoms in total. The number of urea groups is 1. The van der Waals surface area contributed by atoms with E-state index in [1.807, 2.05) is 0 Å². The normalized spacial score (nSPS) is 11.4. The standard InChI is InChI=1S/C9H17N3O6/c1-17-4-2-6(7(13)14)12-9(16)11-3-5-18-8(10)15/h6H,2-5H2,1H3,(H2,10,15)(H,13,14)(H2,11,12,16). The van der Waals surface area contributed by atoms with Gasteiger partial charge in [0.15, 0.2) is 0 Å². The van der Waals surface area contributed by atoms with Crippen molar-refractivity contribution in [2.45, 2.75) is 12.5 Å². The highest BCUT2D eigenvalue weighted by Crippen LogP contribution is 1.92. The van der Waals surface area contributed by atoms with E-state index in [1.54, 1.807) is 0 Å². The van der Waals surface area contributed by atoms with Crippen LogP contribution in [0.4, 0.5) is 9.59 Å². The zero-order valence-corrected chi connectivity index (χ0v) is 9.97. The zero-order chi connectivity index (χ0) is 14.0. The highest BCUT2D eigenvalue weighted by molar-refractivity contribution is 5.82. The molecule has 0 spiro atoms. The number of nitrogens with two attached hydrogens (primary N) is 1. The van der Waals surface area contributed by atoms with Crippen LogP contribution in [0.25, 0.3) is 0 Å². The molecule has 1 unspecified atom stereocenters. The van der Waals surface area contributed by atoms with E-state index in [2.05, 4.69) is 15.4 Å². The number of hydrogen-bond acceptors (Lipinski definition) is 5. The molecule has 0 aromatic carbocycles. The Kier molecular flexibility index (Phi) is 8.03. The highest BCUT2D eigenvalue weighted by Gasteiger charge is 2.19. The number of primary amides is 1. The lowest BCUT2D eigenvalue weighted by atomic mass is 10.2. The zero-order valence-electron chi connectivity index (χ0n) is 9.97. The summed E-state index contributed by atoms with van der Waals surface area (Å²) in [4.78, 5) is 32.3. The number of amides is 3. The van der Waals surface area contributed by atoms with Crippen molar-refractivity contribution in [2.24, 2.45) is 5.73 Å². The van der Waals surface area contributed by atoms with Gasteiger partial charge in [0.2, 0.25) is 0 Å². The largest absolute Gasteiger partial charge is 0.480 e. The van der Waals surface area contributed by atoms with Crippen LogP contribution in [-0.2, 0) is 14.3 Å². The Balaban J connectivity index is 3.87. The summed E-state index contributed by atoms with van der Waals surface area (Å²) >= 11 is 0. The first-order valence-corrected chi connectivity index (χ1v) is 5.15. The van der Waals surface area contributed by atoms with Gasteiger partial charge in [0.05, 0.1) is 6.54 Å². The van der Waals surface area contributed by atoms with Crippen LogP contribution in [0.2, 0.25) is 0 Å². The molecule has 0 aromatic heterocycles. The average Bonchev–Trinajstić information content (AvgIpc) is 2.29. The van der Waals surface area contributed by atoms with Crippen molar-refractivity contribution in [3.05, 3.63) is 0 Å². The van der Waals surface area contributed by atoms with E-state index >= 15 is 0 Å². The van der Waals surface area contributed by atoms with E-state index < -0.39 is 24.1 Å². The predicted octanol–water partition coefficient (Wildman–Crippen LogP) is -1.13. The van der Waals surface area contributed by atoms with Gasteiger partial charge in [0.1, 0.15) is 12.6 Å². The third-order valence-electron chi connectivity index (χ3n) is 1.85. The number of carbonyl (C=O) groups excluding carboxylic acids is 2. The first-order valence-electron chi connectivity index (χ1n) is 5.15. The number of aliphatic carboxylic acids is 1. The second-order valence-corrected chi connectivity index (χ2v) is 3.24. The number of ether oxygens (including phenoxy) is 2. The molecule has 0 bridgehead atoms. The lowest BCUT2D eigenvalue weighted by molar-refractivity contribution is -0.139. The molecular weight excluding hydrogens is 246 g/mol. The quantitative estimate of drug-likeness (QED) is 0.408. The molecule has 0 saturated carbocycles. The van der Waals surface area contributed by atoms with Gasteiger partial charge in [0.25, 0.3) is 0 Å². The first-order chi connectivity index (χ1) is 8.47. The molecule has 0 radical (unpaired) electrons. The van der Waals surface area contributed by atoms with Gasteiger partial charge in [-0.2, -0.15) is 0 Å². The molecule has 0 fully saturated rings. The Labute approximate surface area is 104 Å². The van der Waals surface area contributed by atoms with Crippen LogP contribution >= 0.6 is 0 Å². The second-order valence-electron chi connectivity index (χ2n) is 3.24. The predicted molar refractivity (Wildman–Crippen MR) is 60.0 cm³/mol. The molecule has 0 saturated heterocycles. The maximum atomic E-state index is 11.3. The minimum Gasteiger partial charge on any atom is -0.480 e. The molecule has 0 aliphatic carbocycles. The number of rotatable bonds is 8. The van der Waals surface area contributed by atoms with Crippen molar-refractivity contribution in [2.75, 3.05) is 26.9 Å². The summed E-state index contributed by atoms with van der Waals surface area (Å²) in [7, 11) is 1.43. The summed E-state index contributed by atoms with van der Waals surface area (Å²) in [5.74, 6) is -1.16. The van der Waals surface area contributed by atoms with Crippen LogP contribution < -0.4 is 16.4 Å². The van der Waals surface area contributed by atoms with Crippen LogP contribution in [0.3, 0.4) is 0 Å². The number of carbonyl (C=O) groups is 3. The molecule has 104 valence electrons. The van der Waals surface area contributed by atoms with Crippen molar-refractivity contribution in [3.8, 4) is 0 Å². The van der Waals surface area contributed by atoms with E-state index in [1.165, 1.54) is 7.11 Å². The lowest BCUT2D eigenvalue weighted by Crippen LogP contribution is -2.47. The van der Waals surface area contributed by atoms with Crippen molar-refractivity contribution < 1.29 is 29.0 Å². The van der Waals surface area contributed by atoms with Gasteiger partial charge >= 0.3 is 18.1 Å². The van der Waals surface area contributed by atoms with Crippen LogP contribution in [-0.4, -0.2) is 56.1 Å². The smallest absolute Gasteiger partial charge is 0.404 e. The summed E-state index contributed by atoms with van der Waals surface area (Å²) in [6, 6.07) is -1.71. The molecular formula is C9H17N3O6. The van der Waals surface area contributed by atoms with E-state index in [-0.39, 0.29) is 26.2 Å². The van der Waals surface area contributed by atoms with Gasteiger partial charge in [-0.25, -0.2) is 14.4 Å². The molecule has 18 heavy (non-hydrogen) atoms. The van der Waals surface area contributed by atoms with Crippen molar-refractivity contribution in [1.29, 1.82) is 0 Å². The van der Waals surface area contributed by atoms with E-state index in [9.17, 15) is 14.4 Å². The van der Waals surface area contributed by atoms with E-state index in [0.29, 0.717) is 0 Å². The molecule has 5 N–H and O–H groups in total. The minimum absolute atomic E-state index is 0.0331. The maximum absolute atomic E-state index is 11.3. The van der Waals surface area contributed by atoms with E-state index in [0.717, 1.165) is 0 Å². The third kappa shape index (κ3) is 8.16. The van der Waals surface area contributed by atoms with Crippen molar-refractivity contribution >= 4 is 18.1 Å². The SMILES string of the molecule is COCCC(NC(=O)NCCOC(N)=O)C(=O)O. The van der Waals surface area contributed by atoms with Gasteiger partial charge in [-0.1, -0.05) is 0 Å². The fraction of sp³-hybridized carbons (Fsp3) is 0.667. The Morgan fingerprint density at radius 1 is 1.33 bits per heavy atom. The third-order valence-corrected chi connectivity index (χ3v) is 1.85. The molecule has 0 aliphatic rings. The Bertz CT molecular complexity index is 296. The maximum Gasteiger partial charge on any atom is 0.404 e. The number of carboxylic acids is 1. The summed E-state index contributed by atoms with van der Waals surface area (Å²) in [5, 5.41) is 13.4. The highest BCUT2D eigenvalue weighted by atomic mass is 16.5. The van der Waals surface area contributed by atoms with Crippen LogP contribution in [0.15, 0.2) is 0 Å². The molecule has 0 rings (SSSR count). The molecule has 1 atom stereocenters. The van der Waals surface area contributed by atoms with Crippen LogP contribution in [0.1, 0.15) is 6.42 Å². The Hall–Kier alpha value is -2.03. The number of hydrogen-bond donors (Lipinski definition) is 4. The van der Waals surface area contributed by atoms with Crippen LogP contribution in [0, 0.1) is 0 Å². The summed E-state index contributed by atoms with van der Waals surface area (Å²) in [5.41, 5.74) is 4.70. The average molecular weight is 263 g/mol. The molecule has 0 aliphatic heterocycles. The lowest BCUT2D eigenvalue weighted by Gasteiger charge is -2.14. The number of nitrogens with one attached hydrogen (secondary N) is 2. The monoisotopic (exact) mass is 263 g/mol. The number of carboxylic acid groups (broad SMARTS) is 1. The van der Waals surface area contributed by atoms with Gasteiger partial charge in [-0.3, -0.25) is 0 Å². The second kappa shape index (κ2) is 9.05. The summed E-state index contributed by atoms with van der Waals surface area (Å²) < 4.78 is 9.09. The minimum atomic E-state index is -1.16. The first kappa shape index (κ1) is 16.0. The molecule has 0 aromatic rings. The van der Waals surface area contributed by atoms with Gasteiger partial charge in [-0.15, -0.1) is 0 Å². The topological polar surface area (TPSA) is 140 Å². The Morgan fingerprint density at radius 2 is 2.00 bits per heavy atom. The van der Waals surface area contributed by atoms with E-state index in [4.69, 9.17) is 15.6 Å². The molecule has 3 amide bonds. The number of methoxy groups -OCH3 is 1. The summed E-state index contributed by atoms with van der Waals surface area (Å²) in [6.07, 6.45) is -0.794. The van der Waals surface area contributed by atoms with Crippen LogP contribution in [0.5, 0.6) is 0 Å². The van der Waals surface area contributed by atoms with Crippen molar-refractivity contribution in [3.63, 3.8) is 0 Å². The molecule has 0 heterocycles. The van der Waals surface area contributed by atoms with Gasteiger partial charge in [0, 0.05) is 20.1 Å². The van der Waals surface area contributed by atoms with Crippen molar-refractivity contribution in [1.82, 2.24) is 10.6 Å². The van der Waals surface area contributed by atoms with Gasteiger partial charge in [-0.05, 0) is 0 Å². The fourth-order valence-corrected chi connectivity index (χ4v) is 1.02. The Morgan fingerprint density at radius 3 is 2.50 bits per heavy atom. The van der Waals surface area contributed by atoms with Gasteiger partial charge < -0.3 is 30.9 Å².